The minimum atomic E-state index is -0.914. The minimum absolute atomic E-state index is 0.168. The average molecular weight is 312 g/mol. The van der Waals surface area contributed by atoms with Crippen LogP contribution in [0.1, 0.15) is 29.0 Å². The molecule has 23 heavy (non-hydrogen) atoms. The molecule has 118 valence electrons. The number of carbonyl (C=O) groups excluding carboxylic acids is 2. The summed E-state index contributed by atoms with van der Waals surface area (Å²) >= 11 is 0. The van der Waals surface area contributed by atoms with E-state index >= 15 is 0 Å². The van der Waals surface area contributed by atoms with Gasteiger partial charge in [0.1, 0.15) is 0 Å². The fourth-order valence-electron chi connectivity index (χ4n) is 2.41. The lowest BCUT2D eigenvalue weighted by atomic mass is 10.1. The number of nitrogens with zero attached hydrogens (tertiary/aromatic N) is 1. The molecule has 1 aliphatic heterocycles. The van der Waals surface area contributed by atoms with E-state index < -0.39 is 18.2 Å². The lowest BCUT2D eigenvalue weighted by Gasteiger charge is -2.35. The molecule has 1 amide bonds. The van der Waals surface area contributed by atoms with Gasteiger partial charge in [-0.15, -0.1) is 5.06 Å². The number of hydroxylamine groups is 2. The van der Waals surface area contributed by atoms with E-state index in [1.54, 1.807) is 19.1 Å². The topological polar surface area (TPSA) is 67.9 Å². The SMILES string of the molecule is CCOC(=O)ON1C(=O)c2ccccc2N[C@H]1c1ccccc1. The minimum Gasteiger partial charge on any atom is -0.433 e. The Labute approximate surface area is 133 Å². The Hall–Kier alpha value is -3.02. The second kappa shape index (κ2) is 6.39. The van der Waals surface area contributed by atoms with Crippen LogP contribution in [0.15, 0.2) is 54.6 Å². The van der Waals surface area contributed by atoms with Crippen molar-refractivity contribution in [1.29, 1.82) is 0 Å². The zero-order valence-electron chi connectivity index (χ0n) is 12.6. The van der Waals surface area contributed by atoms with Gasteiger partial charge in [-0.25, -0.2) is 4.79 Å². The third-order valence-corrected chi connectivity index (χ3v) is 3.43. The van der Waals surface area contributed by atoms with Crippen molar-refractivity contribution in [3.05, 3.63) is 65.7 Å². The number of benzene rings is 2. The predicted molar refractivity (Wildman–Crippen MR) is 83.5 cm³/mol. The van der Waals surface area contributed by atoms with Crippen molar-refractivity contribution >= 4 is 17.7 Å². The van der Waals surface area contributed by atoms with Crippen LogP contribution in [0.4, 0.5) is 10.5 Å². The van der Waals surface area contributed by atoms with Crippen LogP contribution in [0.2, 0.25) is 0 Å². The third-order valence-electron chi connectivity index (χ3n) is 3.43. The number of hydrogen-bond donors (Lipinski definition) is 1. The summed E-state index contributed by atoms with van der Waals surface area (Å²) in [6, 6.07) is 16.3. The predicted octanol–water partition coefficient (Wildman–Crippen LogP) is 3.34. The number of anilines is 1. The van der Waals surface area contributed by atoms with Crippen molar-refractivity contribution in [2.75, 3.05) is 11.9 Å². The van der Waals surface area contributed by atoms with Gasteiger partial charge >= 0.3 is 6.16 Å². The first-order chi connectivity index (χ1) is 11.2. The van der Waals surface area contributed by atoms with Gasteiger partial charge in [0, 0.05) is 5.69 Å². The van der Waals surface area contributed by atoms with E-state index in [2.05, 4.69) is 5.32 Å². The molecule has 0 unspecified atom stereocenters. The van der Waals surface area contributed by atoms with Crippen LogP contribution in [-0.2, 0) is 9.57 Å². The first-order valence-electron chi connectivity index (χ1n) is 7.29. The molecule has 6 nitrogen and oxygen atoms in total. The summed E-state index contributed by atoms with van der Waals surface area (Å²) in [7, 11) is 0. The van der Waals surface area contributed by atoms with E-state index in [4.69, 9.17) is 9.57 Å². The number of fused-ring (bicyclic) bond motifs is 1. The maximum atomic E-state index is 12.7. The van der Waals surface area contributed by atoms with Crippen molar-refractivity contribution < 1.29 is 19.2 Å². The van der Waals surface area contributed by atoms with E-state index in [1.165, 1.54) is 0 Å². The van der Waals surface area contributed by atoms with Crippen LogP contribution in [0.3, 0.4) is 0 Å². The summed E-state index contributed by atoms with van der Waals surface area (Å²) in [6.45, 7) is 1.84. The summed E-state index contributed by atoms with van der Waals surface area (Å²) in [5, 5.41) is 4.22. The van der Waals surface area contributed by atoms with Crippen molar-refractivity contribution in [2.24, 2.45) is 0 Å². The van der Waals surface area contributed by atoms with Gasteiger partial charge in [0.15, 0.2) is 6.17 Å². The molecule has 1 N–H and O–H groups in total. The molecule has 0 radical (unpaired) electrons. The normalized spacial score (nSPS) is 16.3. The third kappa shape index (κ3) is 2.96. The highest BCUT2D eigenvalue weighted by Crippen LogP contribution is 2.33. The molecule has 6 heteroatoms. The molecular weight excluding hydrogens is 296 g/mol. The summed E-state index contributed by atoms with van der Waals surface area (Å²) in [6.07, 6.45) is -1.54. The van der Waals surface area contributed by atoms with Crippen LogP contribution in [-0.4, -0.2) is 23.7 Å². The van der Waals surface area contributed by atoms with Crippen molar-refractivity contribution in [3.63, 3.8) is 0 Å². The van der Waals surface area contributed by atoms with E-state index in [0.29, 0.717) is 11.3 Å². The Bertz CT molecular complexity index is 718. The Kier molecular flexibility index (Phi) is 4.14. The summed E-state index contributed by atoms with van der Waals surface area (Å²) in [5.41, 5.74) is 1.92. The molecule has 0 spiro atoms. The quantitative estimate of drug-likeness (QED) is 0.880. The Morgan fingerprint density at radius 2 is 1.83 bits per heavy atom. The second-order valence-corrected chi connectivity index (χ2v) is 4.91. The van der Waals surface area contributed by atoms with Gasteiger partial charge in [0.25, 0.3) is 5.91 Å². The van der Waals surface area contributed by atoms with Crippen molar-refractivity contribution in [3.8, 4) is 0 Å². The fraction of sp³-hybridized carbons (Fsp3) is 0.176. The molecule has 1 aliphatic rings. The highest BCUT2D eigenvalue weighted by molar-refractivity contribution is 6.01. The summed E-state index contributed by atoms with van der Waals surface area (Å²) in [5.74, 6) is -0.402. The molecule has 1 heterocycles. The molecule has 2 aromatic carbocycles. The Morgan fingerprint density at radius 3 is 2.57 bits per heavy atom. The monoisotopic (exact) mass is 312 g/mol. The van der Waals surface area contributed by atoms with Crippen molar-refractivity contribution in [2.45, 2.75) is 13.1 Å². The molecule has 1 atom stereocenters. The average Bonchev–Trinajstić information content (AvgIpc) is 2.58. The second-order valence-electron chi connectivity index (χ2n) is 4.91. The first-order valence-corrected chi connectivity index (χ1v) is 7.29. The van der Waals surface area contributed by atoms with Crippen LogP contribution in [0.25, 0.3) is 0 Å². The molecule has 0 bridgehead atoms. The highest BCUT2D eigenvalue weighted by Gasteiger charge is 2.36. The number of nitrogens with one attached hydrogen (secondary N) is 1. The van der Waals surface area contributed by atoms with Gasteiger partial charge in [-0.1, -0.05) is 42.5 Å². The van der Waals surface area contributed by atoms with E-state index in [9.17, 15) is 9.59 Å². The number of para-hydroxylation sites is 1. The number of hydrogen-bond acceptors (Lipinski definition) is 5. The lowest BCUT2D eigenvalue weighted by Crippen LogP contribution is -2.44. The van der Waals surface area contributed by atoms with Crippen LogP contribution >= 0.6 is 0 Å². The maximum absolute atomic E-state index is 12.7. The van der Waals surface area contributed by atoms with E-state index in [1.807, 2.05) is 42.5 Å². The van der Waals surface area contributed by atoms with Gasteiger partial charge in [0.2, 0.25) is 0 Å². The maximum Gasteiger partial charge on any atom is 0.533 e. The lowest BCUT2D eigenvalue weighted by molar-refractivity contribution is -0.119. The van der Waals surface area contributed by atoms with E-state index in [0.717, 1.165) is 10.6 Å². The van der Waals surface area contributed by atoms with Crippen LogP contribution < -0.4 is 5.32 Å². The standard InChI is InChI=1S/C17H16N2O4/c1-2-22-17(21)23-19-15(12-8-4-3-5-9-12)18-14-11-7-6-10-13(14)16(19)20/h3-11,15,18H,2H2,1H3/t15-/m1/s1. The first kappa shape index (κ1) is 14.9. The number of carbonyl (C=O) groups is 2. The van der Waals surface area contributed by atoms with Gasteiger partial charge < -0.3 is 14.9 Å². The molecule has 0 fully saturated rings. The zero-order valence-corrected chi connectivity index (χ0v) is 12.6. The van der Waals surface area contributed by atoms with Crippen molar-refractivity contribution in [1.82, 2.24) is 5.06 Å². The van der Waals surface area contributed by atoms with Crippen LogP contribution in [0, 0.1) is 0 Å². The molecule has 0 aliphatic carbocycles. The van der Waals surface area contributed by atoms with Gasteiger partial charge in [-0.3, -0.25) is 4.79 Å². The smallest absolute Gasteiger partial charge is 0.433 e. The fourth-order valence-corrected chi connectivity index (χ4v) is 2.41. The molecule has 0 saturated heterocycles. The largest absolute Gasteiger partial charge is 0.533 e. The molecule has 0 aromatic heterocycles. The Balaban J connectivity index is 1.97. The molecule has 3 rings (SSSR count). The van der Waals surface area contributed by atoms with Crippen LogP contribution in [0.5, 0.6) is 0 Å². The number of rotatable bonds is 3. The zero-order chi connectivity index (χ0) is 16.2. The Morgan fingerprint density at radius 1 is 1.13 bits per heavy atom. The number of ether oxygens (including phenoxy) is 1. The highest BCUT2D eigenvalue weighted by atomic mass is 16.8. The van der Waals surface area contributed by atoms with Gasteiger partial charge in [-0.2, -0.15) is 0 Å². The van der Waals surface area contributed by atoms with Gasteiger partial charge in [0.05, 0.1) is 12.2 Å². The molecular formula is C17H16N2O4. The van der Waals surface area contributed by atoms with Gasteiger partial charge in [-0.05, 0) is 24.6 Å². The molecule has 2 aromatic rings. The number of amides is 1. The molecule has 0 saturated carbocycles. The summed E-state index contributed by atoms with van der Waals surface area (Å²) in [4.78, 5) is 29.5. The van der Waals surface area contributed by atoms with E-state index in [-0.39, 0.29) is 6.61 Å². The summed E-state index contributed by atoms with van der Waals surface area (Å²) < 4.78 is 4.78.